The molecule has 1 fully saturated rings. The van der Waals surface area contributed by atoms with Crippen LogP contribution in [0, 0.1) is 5.92 Å². The van der Waals surface area contributed by atoms with E-state index in [4.69, 9.17) is 0 Å². The zero-order valence-electron chi connectivity index (χ0n) is 8.07. The molecule has 2 nitrogen and oxygen atoms in total. The molecule has 0 spiro atoms. The van der Waals surface area contributed by atoms with E-state index in [1.807, 2.05) is 20.8 Å². The lowest BCUT2D eigenvalue weighted by molar-refractivity contribution is -0.124. The summed E-state index contributed by atoms with van der Waals surface area (Å²) in [5.74, 6) is -0.579. The maximum atomic E-state index is 13.0. The molecular formula is C9H16FNO. The Morgan fingerprint density at radius 2 is 2.00 bits per heavy atom. The van der Waals surface area contributed by atoms with Gasteiger partial charge in [-0.2, -0.15) is 0 Å². The summed E-state index contributed by atoms with van der Waals surface area (Å²) in [5.41, 5.74) is -1.51. The van der Waals surface area contributed by atoms with Gasteiger partial charge < -0.3 is 5.32 Å². The van der Waals surface area contributed by atoms with Crippen LogP contribution < -0.4 is 5.32 Å². The predicted octanol–water partition coefficient (Wildman–Crippen LogP) is 1.65. The Balaban J connectivity index is 2.42. The van der Waals surface area contributed by atoms with E-state index in [1.54, 1.807) is 0 Å². The van der Waals surface area contributed by atoms with Gasteiger partial charge in [0, 0.05) is 5.54 Å². The highest BCUT2D eigenvalue weighted by atomic mass is 19.1. The van der Waals surface area contributed by atoms with Crippen molar-refractivity contribution in [3.8, 4) is 0 Å². The van der Waals surface area contributed by atoms with Crippen molar-refractivity contribution in [2.24, 2.45) is 5.92 Å². The number of rotatable bonds is 1. The Hall–Kier alpha value is -0.600. The molecule has 12 heavy (non-hydrogen) atoms. The Bertz CT molecular complexity index is 205. The zero-order valence-corrected chi connectivity index (χ0v) is 8.07. The van der Waals surface area contributed by atoms with Gasteiger partial charge in [0.15, 0.2) is 0 Å². The summed E-state index contributed by atoms with van der Waals surface area (Å²) in [5, 5.41) is 2.76. The predicted molar refractivity (Wildman–Crippen MR) is 45.5 cm³/mol. The number of carbonyl (C=O) groups is 1. The molecule has 0 aromatic heterocycles. The number of alkyl halides is 1. The smallest absolute Gasteiger partial charge is 0.226 e. The standard InChI is InChI=1S/C9H16FNO/c1-8(2,3)11-7(12)6-5-9(6,4)10/h6H,5H2,1-4H3,(H,11,12). The number of carbonyl (C=O) groups excluding carboxylic acids is 1. The van der Waals surface area contributed by atoms with Gasteiger partial charge in [0.1, 0.15) is 5.67 Å². The molecule has 1 aliphatic rings. The first-order valence-electron chi connectivity index (χ1n) is 4.23. The third kappa shape index (κ3) is 2.19. The molecule has 0 aromatic carbocycles. The minimum absolute atomic E-state index is 0.160. The van der Waals surface area contributed by atoms with Gasteiger partial charge >= 0.3 is 0 Å². The van der Waals surface area contributed by atoms with Gasteiger partial charge in [-0.3, -0.25) is 4.79 Å². The monoisotopic (exact) mass is 173 g/mol. The minimum atomic E-state index is -1.25. The second-order valence-corrected chi connectivity index (χ2v) is 4.77. The van der Waals surface area contributed by atoms with E-state index in [1.165, 1.54) is 6.92 Å². The molecule has 1 N–H and O–H groups in total. The molecule has 0 heterocycles. The Morgan fingerprint density at radius 1 is 1.58 bits per heavy atom. The summed E-state index contributed by atoms with van der Waals surface area (Å²) in [4.78, 5) is 11.3. The lowest BCUT2D eigenvalue weighted by Gasteiger charge is -2.20. The first kappa shape index (κ1) is 9.49. The Kier molecular flexibility index (Phi) is 1.93. The van der Waals surface area contributed by atoms with E-state index in [0.717, 1.165) is 0 Å². The maximum absolute atomic E-state index is 13.0. The molecule has 1 rings (SSSR count). The molecule has 3 heteroatoms. The van der Waals surface area contributed by atoms with Crippen molar-refractivity contribution in [3.05, 3.63) is 0 Å². The van der Waals surface area contributed by atoms with Crippen LogP contribution in [-0.4, -0.2) is 17.1 Å². The van der Waals surface area contributed by atoms with Crippen LogP contribution >= 0.6 is 0 Å². The van der Waals surface area contributed by atoms with Crippen LogP contribution in [0.1, 0.15) is 34.1 Å². The van der Waals surface area contributed by atoms with Crippen LogP contribution in [0.2, 0.25) is 0 Å². The van der Waals surface area contributed by atoms with Gasteiger partial charge in [0.05, 0.1) is 5.92 Å². The van der Waals surface area contributed by atoms with Gasteiger partial charge in [-0.15, -0.1) is 0 Å². The highest BCUT2D eigenvalue weighted by Gasteiger charge is 2.56. The summed E-state index contributed by atoms with van der Waals surface area (Å²) >= 11 is 0. The SMILES string of the molecule is CC(C)(C)NC(=O)C1CC1(C)F. The van der Waals surface area contributed by atoms with Crippen LogP contribution in [0.15, 0.2) is 0 Å². The third-order valence-corrected chi connectivity index (χ3v) is 1.98. The molecule has 0 aliphatic heterocycles. The van der Waals surface area contributed by atoms with Gasteiger partial charge in [-0.1, -0.05) is 0 Å². The normalized spacial score (nSPS) is 34.6. The van der Waals surface area contributed by atoms with Crippen LogP contribution in [0.5, 0.6) is 0 Å². The summed E-state index contributed by atoms with van der Waals surface area (Å²) in [6.45, 7) is 7.15. The van der Waals surface area contributed by atoms with E-state index in [2.05, 4.69) is 5.32 Å². The van der Waals surface area contributed by atoms with E-state index < -0.39 is 11.6 Å². The number of nitrogens with one attached hydrogen (secondary N) is 1. The molecule has 0 saturated heterocycles. The second-order valence-electron chi connectivity index (χ2n) is 4.77. The van der Waals surface area contributed by atoms with Gasteiger partial charge in [-0.25, -0.2) is 4.39 Å². The van der Waals surface area contributed by atoms with Crippen LogP contribution in [0.4, 0.5) is 4.39 Å². The first-order valence-corrected chi connectivity index (χ1v) is 4.23. The van der Waals surface area contributed by atoms with Crippen LogP contribution in [0.3, 0.4) is 0 Å². The highest BCUT2D eigenvalue weighted by molar-refractivity contribution is 5.83. The molecule has 0 bridgehead atoms. The van der Waals surface area contributed by atoms with Crippen LogP contribution in [-0.2, 0) is 4.79 Å². The molecule has 1 aliphatic carbocycles. The molecule has 2 unspecified atom stereocenters. The topological polar surface area (TPSA) is 29.1 Å². The van der Waals surface area contributed by atoms with Crippen molar-refractivity contribution in [3.63, 3.8) is 0 Å². The molecule has 70 valence electrons. The van der Waals surface area contributed by atoms with Crippen molar-refractivity contribution in [1.82, 2.24) is 5.32 Å². The zero-order chi connectivity index (χ0) is 9.57. The molecule has 1 amide bonds. The summed E-state index contributed by atoms with van der Waals surface area (Å²) in [6, 6.07) is 0. The number of amides is 1. The number of hydrogen-bond acceptors (Lipinski definition) is 1. The third-order valence-electron chi connectivity index (χ3n) is 1.98. The van der Waals surface area contributed by atoms with Gasteiger partial charge in [0.2, 0.25) is 5.91 Å². The van der Waals surface area contributed by atoms with Crippen molar-refractivity contribution < 1.29 is 9.18 Å². The Morgan fingerprint density at radius 3 is 2.25 bits per heavy atom. The first-order chi connectivity index (χ1) is 5.22. The number of hydrogen-bond donors (Lipinski definition) is 1. The fourth-order valence-electron chi connectivity index (χ4n) is 1.16. The van der Waals surface area contributed by atoms with E-state index in [0.29, 0.717) is 6.42 Å². The molecule has 0 aromatic rings. The van der Waals surface area contributed by atoms with Gasteiger partial charge in [-0.05, 0) is 34.1 Å². The fourth-order valence-corrected chi connectivity index (χ4v) is 1.16. The highest BCUT2D eigenvalue weighted by Crippen LogP contribution is 2.46. The molecular weight excluding hydrogens is 157 g/mol. The molecule has 1 saturated carbocycles. The fraction of sp³-hybridized carbons (Fsp3) is 0.889. The second kappa shape index (κ2) is 2.44. The largest absolute Gasteiger partial charge is 0.351 e. The molecule has 2 atom stereocenters. The van der Waals surface area contributed by atoms with Gasteiger partial charge in [0.25, 0.3) is 0 Å². The van der Waals surface area contributed by atoms with E-state index in [9.17, 15) is 9.18 Å². The van der Waals surface area contributed by atoms with E-state index in [-0.39, 0.29) is 11.4 Å². The quantitative estimate of drug-likeness (QED) is 0.641. The van der Waals surface area contributed by atoms with E-state index >= 15 is 0 Å². The average molecular weight is 173 g/mol. The lowest BCUT2D eigenvalue weighted by Crippen LogP contribution is -2.42. The summed E-state index contributed by atoms with van der Waals surface area (Å²) < 4.78 is 13.0. The van der Waals surface area contributed by atoms with Crippen molar-refractivity contribution in [2.45, 2.75) is 45.3 Å². The summed E-state index contributed by atoms with van der Waals surface area (Å²) in [7, 11) is 0. The number of halogens is 1. The van der Waals surface area contributed by atoms with Crippen molar-refractivity contribution in [1.29, 1.82) is 0 Å². The molecule has 0 radical (unpaired) electrons. The average Bonchev–Trinajstić information content (AvgIpc) is 2.35. The minimum Gasteiger partial charge on any atom is -0.351 e. The maximum Gasteiger partial charge on any atom is 0.226 e. The van der Waals surface area contributed by atoms with Crippen LogP contribution in [0.25, 0.3) is 0 Å². The lowest BCUT2D eigenvalue weighted by atomic mass is 10.1. The Labute approximate surface area is 72.5 Å². The van der Waals surface area contributed by atoms with Crippen molar-refractivity contribution in [2.75, 3.05) is 0 Å². The summed E-state index contributed by atoms with van der Waals surface area (Å²) in [6.07, 6.45) is 0.370. The van der Waals surface area contributed by atoms with Crippen molar-refractivity contribution >= 4 is 5.91 Å².